The molecule has 2 heterocycles. The van der Waals surface area contributed by atoms with Crippen LogP contribution in [0.2, 0.25) is 0 Å². The lowest BCUT2D eigenvalue weighted by Gasteiger charge is -2.39. The van der Waals surface area contributed by atoms with Gasteiger partial charge in [0.25, 0.3) is 5.56 Å². The first-order valence-electron chi connectivity index (χ1n) is 12.7. The van der Waals surface area contributed by atoms with Crippen molar-refractivity contribution in [2.45, 2.75) is 103 Å². The van der Waals surface area contributed by atoms with Crippen molar-refractivity contribution >= 4 is 10.9 Å². The van der Waals surface area contributed by atoms with Gasteiger partial charge in [-0.25, -0.2) is 0 Å². The van der Waals surface area contributed by atoms with E-state index in [4.69, 9.17) is 5.73 Å². The van der Waals surface area contributed by atoms with E-state index in [0.29, 0.717) is 12.0 Å². The second-order valence-electron chi connectivity index (χ2n) is 10.3. The first kappa shape index (κ1) is 22.5. The van der Waals surface area contributed by atoms with E-state index in [1.165, 1.54) is 44.0 Å². The van der Waals surface area contributed by atoms with Crippen LogP contribution in [0.5, 0.6) is 0 Å². The Hall–Kier alpha value is -1.65. The first-order chi connectivity index (χ1) is 15.0. The summed E-state index contributed by atoms with van der Waals surface area (Å²) in [7, 11) is 0. The third-order valence-corrected chi connectivity index (χ3v) is 7.84. The Morgan fingerprint density at radius 1 is 0.968 bits per heavy atom. The number of nitrogens with zero attached hydrogens (tertiary/aromatic N) is 2. The van der Waals surface area contributed by atoms with Crippen molar-refractivity contribution in [2.75, 3.05) is 6.54 Å². The van der Waals surface area contributed by atoms with Crippen molar-refractivity contribution in [3.63, 3.8) is 0 Å². The molecule has 2 unspecified atom stereocenters. The molecule has 4 nitrogen and oxygen atoms in total. The Morgan fingerprint density at radius 2 is 1.71 bits per heavy atom. The molecular weight excluding hydrogens is 382 g/mol. The number of hydrogen-bond acceptors (Lipinski definition) is 3. The third-order valence-electron chi connectivity index (χ3n) is 7.84. The number of aryl methyl sites for hydroxylation is 1. The maximum atomic E-state index is 13.4. The van der Waals surface area contributed by atoms with Crippen molar-refractivity contribution < 1.29 is 0 Å². The van der Waals surface area contributed by atoms with Crippen LogP contribution in [-0.2, 0) is 13.0 Å². The SMILES string of the molecule is C[C@@H]1CCC[C@H](C)N1CCCCCn1c(=O)c(CC2CCC(N)C2)cc2ccccc21. The Labute approximate surface area is 187 Å². The highest BCUT2D eigenvalue weighted by atomic mass is 16.1. The van der Waals surface area contributed by atoms with E-state index in [-0.39, 0.29) is 5.56 Å². The minimum Gasteiger partial charge on any atom is -0.328 e. The number of fused-ring (bicyclic) bond motifs is 1. The summed E-state index contributed by atoms with van der Waals surface area (Å²) in [6.07, 6.45) is 11.7. The van der Waals surface area contributed by atoms with E-state index in [1.807, 2.05) is 10.6 Å². The lowest BCUT2D eigenvalue weighted by molar-refractivity contribution is 0.101. The standard InChI is InChI=1S/C27H41N3O/c1-20-9-8-10-21(2)29(20)15-6-3-7-16-30-26-12-5-4-11-23(26)19-24(27(30)31)17-22-13-14-25(28)18-22/h4-5,11-12,19-22,25H,3,6-10,13-18,28H2,1-2H3/t20-,21+,22?,25?. The van der Waals surface area contributed by atoms with Gasteiger partial charge >= 0.3 is 0 Å². The van der Waals surface area contributed by atoms with Gasteiger partial charge in [0.1, 0.15) is 0 Å². The summed E-state index contributed by atoms with van der Waals surface area (Å²) in [5, 5.41) is 1.19. The van der Waals surface area contributed by atoms with E-state index in [9.17, 15) is 4.79 Å². The molecule has 1 saturated heterocycles. The Kier molecular flexibility index (Phi) is 7.50. The molecule has 0 bridgehead atoms. The molecule has 1 aliphatic carbocycles. The van der Waals surface area contributed by atoms with Gasteiger partial charge in [-0.1, -0.05) is 31.0 Å². The maximum absolute atomic E-state index is 13.4. The zero-order valence-electron chi connectivity index (χ0n) is 19.6. The van der Waals surface area contributed by atoms with Crippen LogP contribution in [0.1, 0.15) is 77.2 Å². The van der Waals surface area contributed by atoms with Gasteiger partial charge in [0, 0.05) is 30.2 Å². The molecule has 2 aromatic rings. The first-order valence-corrected chi connectivity index (χ1v) is 12.7. The largest absolute Gasteiger partial charge is 0.328 e. The molecule has 31 heavy (non-hydrogen) atoms. The molecule has 0 radical (unpaired) electrons. The summed E-state index contributed by atoms with van der Waals surface area (Å²) in [4.78, 5) is 16.1. The number of para-hydroxylation sites is 1. The van der Waals surface area contributed by atoms with Crippen LogP contribution in [0, 0.1) is 5.92 Å². The number of piperidine rings is 1. The summed E-state index contributed by atoms with van der Waals surface area (Å²) in [5.41, 5.74) is 8.40. The van der Waals surface area contributed by atoms with Crippen molar-refractivity contribution in [3.05, 3.63) is 46.2 Å². The number of rotatable bonds is 8. The Morgan fingerprint density at radius 3 is 2.45 bits per heavy atom. The lowest BCUT2D eigenvalue weighted by atomic mass is 9.97. The van der Waals surface area contributed by atoms with Crippen molar-refractivity contribution in [1.82, 2.24) is 9.47 Å². The van der Waals surface area contributed by atoms with Gasteiger partial charge in [-0.05, 0) is 95.2 Å². The highest BCUT2D eigenvalue weighted by Gasteiger charge is 2.24. The molecule has 4 atom stereocenters. The molecule has 4 rings (SSSR count). The predicted molar refractivity (Wildman–Crippen MR) is 131 cm³/mol. The predicted octanol–water partition coefficient (Wildman–Crippen LogP) is 5.10. The molecule has 0 spiro atoms. The second-order valence-corrected chi connectivity index (χ2v) is 10.3. The van der Waals surface area contributed by atoms with Crippen LogP contribution in [-0.4, -0.2) is 34.1 Å². The number of likely N-dealkylation sites (tertiary alicyclic amines) is 1. The highest BCUT2D eigenvalue weighted by Crippen LogP contribution is 2.28. The number of benzene rings is 1. The average Bonchev–Trinajstić information content (AvgIpc) is 3.16. The van der Waals surface area contributed by atoms with Crippen molar-refractivity contribution in [1.29, 1.82) is 0 Å². The Bertz CT molecular complexity index is 910. The molecule has 2 aliphatic rings. The second kappa shape index (κ2) is 10.3. The van der Waals surface area contributed by atoms with Gasteiger partial charge in [0.15, 0.2) is 0 Å². The van der Waals surface area contributed by atoms with E-state index in [2.05, 4.69) is 43.0 Å². The summed E-state index contributed by atoms with van der Waals surface area (Å²) < 4.78 is 2.05. The van der Waals surface area contributed by atoms with Crippen LogP contribution in [0.25, 0.3) is 10.9 Å². The number of pyridine rings is 1. The van der Waals surface area contributed by atoms with E-state index >= 15 is 0 Å². The minimum absolute atomic E-state index is 0.220. The molecule has 170 valence electrons. The van der Waals surface area contributed by atoms with Crippen LogP contribution >= 0.6 is 0 Å². The third kappa shape index (κ3) is 5.40. The summed E-state index contributed by atoms with van der Waals surface area (Å²) in [6.45, 7) is 6.77. The molecular formula is C27H41N3O. The van der Waals surface area contributed by atoms with Crippen molar-refractivity contribution in [3.8, 4) is 0 Å². The molecule has 1 aromatic heterocycles. The monoisotopic (exact) mass is 423 g/mol. The van der Waals surface area contributed by atoms with Gasteiger partial charge in [-0.15, -0.1) is 0 Å². The van der Waals surface area contributed by atoms with Crippen LogP contribution in [0.3, 0.4) is 0 Å². The number of hydrogen-bond donors (Lipinski definition) is 1. The summed E-state index contributed by atoms with van der Waals surface area (Å²) in [6, 6.07) is 12.3. The van der Waals surface area contributed by atoms with Gasteiger partial charge in [0.2, 0.25) is 0 Å². The fraction of sp³-hybridized carbons (Fsp3) is 0.667. The smallest absolute Gasteiger partial charge is 0.254 e. The molecule has 2 N–H and O–H groups in total. The minimum atomic E-state index is 0.220. The zero-order valence-corrected chi connectivity index (χ0v) is 19.6. The molecule has 0 amide bonds. The number of unbranched alkanes of at least 4 members (excludes halogenated alkanes) is 2. The Balaban J connectivity index is 1.40. The fourth-order valence-corrected chi connectivity index (χ4v) is 6.02. The van der Waals surface area contributed by atoms with Crippen LogP contribution in [0.4, 0.5) is 0 Å². The van der Waals surface area contributed by atoms with Gasteiger partial charge < -0.3 is 10.3 Å². The van der Waals surface area contributed by atoms with Gasteiger partial charge in [-0.3, -0.25) is 9.69 Å². The molecule has 1 saturated carbocycles. The van der Waals surface area contributed by atoms with Gasteiger partial charge in [0.05, 0.1) is 5.52 Å². The van der Waals surface area contributed by atoms with Gasteiger partial charge in [-0.2, -0.15) is 0 Å². The average molecular weight is 424 g/mol. The maximum Gasteiger partial charge on any atom is 0.254 e. The zero-order chi connectivity index (χ0) is 21.8. The number of aromatic nitrogens is 1. The lowest BCUT2D eigenvalue weighted by Crippen LogP contribution is -2.44. The van der Waals surface area contributed by atoms with E-state index < -0.39 is 0 Å². The molecule has 4 heteroatoms. The summed E-state index contributed by atoms with van der Waals surface area (Å²) >= 11 is 0. The topological polar surface area (TPSA) is 51.3 Å². The highest BCUT2D eigenvalue weighted by molar-refractivity contribution is 5.79. The fourth-order valence-electron chi connectivity index (χ4n) is 6.02. The molecule has 2 fully saturated rings. The van der Waals surface area contributed by atoms with E-state index in [1.54, 1.807) is 0 Å². The summed E-state index contributed by atoms with van der Waals surface area (Å²) in [5.74, 6) is 0.561. The number of nitrogens with two attached hydrogens (primary N) is 1. The quantitative estimate of drug-likeness (QED) is 0.601. The van der Waals surface area contributed by atoms with Crippen LogP contribution in [0.15, 0.2) is 35.1 Å². The molecule has 1 aliphatic heterocycles. The normalized spacial score (nSPS) is 27.2. The molecule has 1 aromatic carbocycles. The van der Waals surface area contributed by atoms with Crippen molar-refractivity contribution in [2.24, 2.45) is 11.7 Å². The van der Waals surface area contributed by atoms with Crippen LogP contribution < -0.4 is 11.3 Å². The van der Waals surface area contributed by atoms with E-state index in [0.717, 1.165) is 61.8 Å².